The molecular formula is C15H22O4. The first kappa shape index (κ1) is 13.1. The van der Waals surface area contributed by atoms with Crippen LogP contribution in [0.2, 0.25) is 0 Å². The van der Waals surface area contributed by atoms with E-state index in [2.05, 4.69) is 20.8 Å². The van der Waals surface area contributed by atoms with Crippen molar-refractivity contribution in [2.45, 2.75) is 52.1 Å². The molecular weight excluding hydrogens is 244 g/mol. The number of hydrogen-bond donors (Lipinski definition) is 1. The number of cyclic esters (lactones) is 1. The molecule has 0 aromatic rings. The fourth-order valence-electron chi connectivity index (χ4n) is 4.94. The Labute approximate surface area is 113 Å². The summed E-state index contributed by atoms with van der Waals surface area (Å²) in [5, 5.41) is 10.6. The lowest BCUT2D eigenvalue weighted by Crippen LogP contribution is -2.63. The highest BCUT2D eigenvalue weighted by Crippen LogP contribution is 2.62. The van der Waals surface area contributed by atoms with Crippen molar-refractivity contribution < 1.29 is 19.4 Å². The van der Waals surface area contributed by atoms with Gasteiger partial charge in [0, 0.05) is 12.3 Å². The van der Waals surface area contributed by atoms with E-state index in [9.17, 15) is 14.7 Å². The molecule has 2 saturated carbocycles. The molecule has 1 heterocycles. The van der Waals surface area contributed by atoms with Crippen LogP contribution in [-0.4, -0.2) is 29.1 Å². The van der Waals surface area contributed by atoms with E-state index in [4.69, 9.17) is 4.74 Å². The maximum absolute atomic E-state index is 12.3. The molecule has 0 amide bonds. The van der Waals surface area contributed by atoms with Crippen molar-refractivity contribution >= 4 is 11.8 Å². The van der Waals surface area contributed by atoms with E-state index < -0.39 is 11.6 Å². The van der Waals surface area contributed by atoms with Crippen LogP contribution in [0.25, 0.3) is 0 Å². The molecule has 0 spiro atoms. The summed E-state index contributed by atoms with van der Waals surface area (Å²) >= 11 is 0. The Morgan fingerprint density at radius 2 is 1.84 bits per heavy atom. The second kappa shape index (κ2) is 3.60. The van der Waals surface area contributed by atoms with Gasteiger partial charge in [-0.15, -0.1) is 0 Å². The van der Waals surface area contributed by atoms with Gasteiger partial charge in [0.2, 0.25) is 5.60 Å². The van der Waals surface area contributed by atoms with Gasteiger partial charge in [-0.1, -0.05) is 27.2 Å². The second-order valence-corrected chi connectivity index (χ2v) is 7.45. The second-order valence-electron chi connectivity index (χ2n) is 7.45. The van der Waals surface area contributed by atoms with E-state index in [0.29, 0.717) is 6.42 Å². The third-order valence-corrected chi connectivity index (χ3v) is 6.08. The molecule has 4 atom stereocenters. The van der Waals surface area contributed by atoms with Crippen molar-refractivity contribution in [3.8, 4) is 0 Å². The SMILES string of the molecule is CC1(C)CCC[C@@]2(C)[C@H]1CC(=O)[C@]1(O)C(=O)OC[C@@H]12. The molecule has 1 aliphatic heterocycles. The van der Waals surface area contributed by atoms with Gasteiger partial charge < -0.3 is 9.84 Å². The average molecular weight is 266 g/mol. The van der Waals surface area contributed by atoms with Crippen LogP contribution in [0.4, 0.5) is 0 Å². The van der Waals surface area contributed by atoms with E-state index in [-0.39, 0.29) is 35.1 Å². The number of carbonyl (C=O) groups excluding carboxylic acids is 2. The predicted molar refractivity (Wildman–Crippen MR) is 68.3 cm³/mol. The quantitative estimate of drug-likeness (QED) is 0.535. The van der Waals surface area contributed by atoms with E-state index in [1.807, 2.05) is 0 Å². The van der Waals surface area contributed by atoms with Gasteiger partial charge in [-0.3, -0.25) is 4.79 Å². The molecule has 2 aliphatic carbocycles. The third kappa shape index (κ3) is 1.44. The average Bonchev–Trinajstić information content (AvgIpc) is 2.62. The van der Waals surface area contributed by atoms with E-state index in [1.165, 1.54) is 0 Å². The number of esters is 1. The Kier molecular flexibility index (Phi) is 2.48. The van der Waals surface area contributed by atoms with Crippen molar-refractivity contribution in [2.75, 3.05) is 6.61 Å². The standard InChI is InChI=1S/C15H22O4/c1-13(2)5-4-6-14(3)9(13)7-11(16)15(18)10(14)8-19-12(15)17/h9-10,18H,4-8H2,1-3H3/t9-,10+,14-,15-/m0/s1. The summed E-state index contributed by atoms with van der Waals surface area (Å²) in [7, 11) is 0. The monoisotopic (exact) mass is 266 g/mol. The normalized spacial score (nSPS) is 48.4. The molecule has 3 fully saturated rings. The molecule has 106 valence electrons. The lowest BCUT2D eigenvalue weighted by atomic mass is 9.46. The molecule has 1 saturated heterocycles. The van der Waals surface area contributed by atoms with Gasteiger partial charge in [-0.05, 0) is 29.6 Å². The minimum atomic E-state index is -1.88. The Hall–Kier alpha value is -0.900. The summed E-state index contributed by atoms with van der Waals surface area (Å²) in [6.07, 6.45) is 3.43. The molecule has 1 N–H and O–H groups in total. The van der Waals surface area contributed by atoms with Crippen LogP contribution >= 0.6 is 0 Å². The van der Waals surface area contributed by atoms with Gasteiger partial charge in [-0.25, -0.2) is 4.79 Å². The molecule has 4 heteroatoms. The number of rotatable bonds is 0. The minimum Gasteiger partial charge on any atom is -0.463 e. The lowest BCUT2D eigenvalue weighted by molar-refractivity contribution is -0.181. The maximum Gasteiger partial charge on any atom is 0.346 e. The Morgan fingerprint density at radius 1 is 1.16 bits per heavy atom. The van der Waals surface area contributed by atoms with Gasteiger partial charge in [-0.2, -0.15) is 0 Å². The molecule has 0 bridgehead atoms. The summed E-state index contributed by atoms with van der Waals surface area (Å²) in [5.41, 5.74) is -1.98. The van der Waals surface area contributed by atoms with Crippen molar-refractivity contribution in [1.29, 1.82) is 0 Å². The van der Waals surface area contributed by atoms with Crippen LogP contribution in [0, 0.1) is 22.7 Å². The van der Waals surface area contributed by atoms with Gasteiger partial charge in [0.15, 0.2) is 5.78 Å². The third-order valence-electron chi connectivity index (χ3n) is 6.08. The highest BCUT2D eigenvalue weighted by molar-refractivity contribution is 6.09. The smallest absolute Gasteiger partial charge is 0.346 e. The number of ketones is 1. The largest absolute Gasteiger partial charge is 0.463 e. The zero-order chi connectivity index (χ0) is 14.1. The predicted octanol–water partition coefficient (Wildman–Crippen LogP) is 1.70. The number of hydrogen-bond acceptors (Lipinski definition) is 4. The molecule has 3 aliphatic rings. The Balaban J connectivity index is 2.09. The van der Waals surface area contributed by atoms with Crippen LogP contribution in [0.3, 0.4) is 0 Å². The van der Waals surface area contributed by atoms with Gasteiger partial charge in [0.25, 0.3) is 0 Å². The molecule has 0 aromatic heterocycles. The van der Waals surface area contributed by atoms with Crippen LogP contribution in [-0.2, 0) is 14.3 Å². The fourth-order valence-corrected chi connectivity index (χ4v) is 4.94. The van der Waals surface area contributed by atoms with Crippen molar-refractivity contribution in [1.82, 2.24) is 0 Å². The van der Waals surface area contributed by atoms with E-state index >= 15 is 0 Å². The first-order valence-corrected chi connectivity index (χ1v) is 7.16. The zero-order valence-electron chi connectivity index (χ0n) is 11.9. The van der Waals surface area contributed by atoms with Crippen molar-refractivity contribution in [2.24, 2.45) is 22.7 Å². The summed E-state index contributed by atoms with van der Waals surface area (Å²) in [4.78, 5) is 24.2. The van der Waals surface area contributed by atoms with Gasteiger partial charge in [0.05, 0.1) is 6.61 Å². The maximum atomic E-state index is 12.3. The number of ether oxygens (including phenoxy) is 1. The topological polar surface area (TPSA) is 63.6 Å². The minimum absolute atomic E-state index is 0.0790. The van der Waals surface area contributed by atoms with Crippen LogP contribution in [0.1, 0.15) is 46.5 Å². The number of aliphatic hydroxyl groups is 1. The molecule has 0 radical (unpaired) electrons. The molecule has 4 nitrogen and oxygen atoms in total. The van der Waals surface area contributed by atoms with Gasteiger partial charge >= 0.3 is 5.97 Å². The fraction of sp³-hybridized carbons (Fsp3) is 0.867. The lowest BCUT2D eigenvalue weighted by Gasteiger charge is -2.57. The number of Topliss-reactive ketones (excluding diaryl/α,β-unsaturated/α-hetero) is 1. The first-order chi connectivity index (χ1) is 8.73. The Morgan fingerprint density at radius 3 is 2.53 bits per heavy atom. The number of carbonyl (C=O) groups is 2. The highest BCUT2D eigenvalue weighted by Gasteiger charge is 2.69. The van der Waals surface area contributed by atoms with Crippen LogP contribution in [0.15, 0.2) is 0 Å². The molecule has 19 heavy (non-hydrogen) atoms. The van der Waals surface area contributed by atoms with Crippen LogP contribution < -0.4 is 0 Å². The molecule has 0 aromatic carbocycles. The summed E-state index contributed by atoms with van der Waals surface area (Å²) in [5.74, 6) is -1.22. The van der Waals surface area contributed by atoms with E-state index in [0.717, 1.165) is 19.3 Å². The molecule has 0 unspecified atom stereocenters. The Bertz CT molecular complexity index is 455. The van der Waals surface area contributed by atoms with Crippen molar-refractivity contribution in [3.63, 3.8) is 0 Å². The van der Waals surface area contributed by atoms with Gasteiger partial charge in [0.1, 0.15) is 0 Å². The number of fused-ring (bicyclic) bond motifs is 3. The van der Waals surface area contributed by atoms with E-state index in [1.54, 1.807) is 0 Å². The molecule has 3 rings (SSSR count). The van der Waals surface area contributed by atoms with Crippen LogP contribution in [0.5, 0.6) is 0 Å². The zero-order valence-corrected chi connectivity index (χ0v) is 11.9. The van der Waals surface area contributed by atoms with Crippen molar-refractivity contribution in [3.05, 3.63) is 0 Å². The highest BCUT2D eigenvalue weighted by atomic mass is 16.6. The summed E-state index contributed by atoms with van der Waals surface area (Å²) in [6.45, 7) is 6.71. The summed E-state index contributed by atoms with van der Waals surface area (Å²) < 4.78 is 5.05. The first-order valence-electron chi connectivity index (χ1n) is 7.16. The summed E-state index contributed by atoms with van der Waals surface area (Å²) in [6, 6.07) is 0.